The van der Waals surface area contributed by atoms with E-state index in [4.69, 9.17) is 27.9 Å². The topological polar surface area (TPSA) is 61.2 Å². The van der Waals surface area contributed by atoms with E-state index in [0.29, 0.717) is 6.07 Å². The maximum absolute atomic E-state index is 14.3. The number of alkyl halides is 5. The summed E-state index contributed by atoms with van der Waals surface area (Å²) in [5.41, 5.74) is -4.86. The van der Waals surface area contributed by atoms with E-state index < -0.39 is 62.8 Å². The third-order valence-corrected chi connectivity index (χ3v) is 3.99. The van der Waals surface area contributed by atoms with Crippen LogP contribution < -0.4 is 5.69 Å². The van der Waals surface area contributed by atoms with E-state index >= 15 is 0 Å². The predicted molar refractivity (Wildman–Crippen MR) is 90.3 cm³/mol. The number of esters is 1. The average molecular weight is 463 g/mol. The second kappa shape index (κ2) is 7.86. The molecule has 0 bridgehead atoms. The number of carbonyl (C=O) groups excluding carboxylic acids is 1. The molecule has 0 aliphatic rings. The molecule has 1 aromatic heterocycles. The van der Waals surface area contributed by atoms with Crippen LogP contribution in [0, 0.1) is 5.82 Å². The van der Waals surface area contributed by atoms with E-state index in [1.54, 1.807) is 0 Å². The van der Waals surface area contributed by atoms with Crippen LogP contribution in [0.3, 0.4) is 0 Å². The minimum Gasteiger partial charge on any atom is -0.459 e. The molecule has 13 heteroatoms. The Kier molecular flexibility index (Phi) is 6.24. The molecule has 1 heterocycles. The standard InChI is InChI=1S/C16H10Cl2F6N2O3/c1-6(2)29-13(27)7-3-10(9(19)4-8(7)17)26-12(18)5-11(25-14(26)28)15(20,21)16(22,23)24/h3-6H,1-2H3. The zero-order chi connectivity index (χ0) is 22.3. The van der Waals surface area contributed by atoms with Crippen molar-refractivity contribution in [2.75, 3.05) is 0 Å². The summed E-state index contributed by atoms with van der Waals surface area (Å²) in [6.45, 7) is 3.03. The summed E-state index contributed by atoms with van der Waals surface area (Å²) < 4.78 is 83.8. The normalized spacial score (nSPS) is 12.4. The lowest BCUT2D eigenvalue weighted by molar-refractivity contribution is -0.291. The summed E-state index contributed by atoms with van der Waals surface area (Å²) in [4.78, 5) is 26.8. The molecule has 0 saturated heterocycles. The van der Waals surface area contributed by atoms with Gasteiger partial charge in [0, 0.05) is 6.07 Å². The summed E-state index contributed by atoms with van der Waals surface area (Å²) in [6, 6.07) is 1.42. The van der Waals surface area contributed by atoms with Crippen molar-refractivity contribution in [2.45, 2.75) is 32.1 Å². The lowest BCUT2D eigenvalue weighted by atomic mass is 10.1. The smallest absolute Gasteiger partial charge is 0.459 e. The molecular weight excluding hydrogens is 453 g/mol. The van der Waals surface area contributed by atoms with Gasteiger partial charge in [-0.15, -0.1) is 0 Å². The molecular formula is C16H10Cl2F6N2O3. The Labute approximate surface area is 168 Å². The van der Waals surface area contributed by atoms with Crippen LogP contribution in [0.4, 0.5) is 26.3 Å². The predicted octanol–water partition coefficient (Wildman–Crippen LogP) is 4.90. The van der Waals surface area contributed by atoms with Crippen LogP contribution in [0.25, 0.3) is 5.69 Å². The fourth-order valence-electron chi connectivity index (χ4n) is 2.12. The quantitative estimate of drug-likeness (QED) is 0.368. The Morgan fingerprint density at radius 2 is 1.72 bits per heavy atom. The molecule has 2 rings (SSSR count). The van der Waals surface area contributed by atoms with Crippen LogP contribution in [0.15, 0.2) is 23.0 Å². The van der Waals surface area contributed by atoms with Gasteiger partial charge in [0.05, 0.1) is 22.4 Å². The van der Waals surface area contributed by atoms with E-state index in [2.05, 4.69) is 4.98 Å². The van der Waals surface area contributed by atoms with Gasteiger partial charge >= 0.3 is 23.8 Å². The van der Waals surface area contributed by atoms with Gasteiger partial charge in [-0.25, -0.2) is 18.5 Å². The molecule has 0 spiro atoms. The van der Waals surface area contributed by atoms with Crippen molar-refractivity contribution in [3.63, 3.8) is 0 Å². The van der Waals surface area contributed by atoms with Crippen LogP contribution in [-0.4, -0.2) is 27.8 Å². The summed E-state index contributed by atoms with van der Waals surface area (Å²) >= 11 is 11.4. The van der Waals surface area contributed by atoms with Crippen molar-refractivity contribution in [1.82, 2.24) is 9.55 Å². The highest BCUT2D eigenvalue weighted by Gasteiger charge is 2.60. The number of hydrogen-bond donors (Lipinski definition) is 0. The second-order valence-corrected chi connectivity index (χ2v) is 6.69. The molecule has 0 fully saturated rings. The highest BCUT2D eigenvalue weighted by Crippen LogP contribution is 2.43. The van der Waals surface area contributed by atoms with Crippen LogP contribution >= 0.6 is 23.2 Å². The van der Waals surface area contributed by atoms with Gasteiger partial charge < -0.3 is 4.74 Å². The first-order valence-corrected chi connectivity index (χ1v) is 8.37. The molecule has 158 valence electrons. The van der Waals surface area contributed by atoms with Crippen LogP contribution in [0.2, 0.25) is 10.2 Å². The van der Waals surface area contributed by atoms with Gasteiger partial charge in [0.25, 0.3) is 0 Å². The monoisotopic (exact) mass is 462 g/mol. The molecule has 1 aromatic carbocycles. The van der Waals surface area contributed by atoms with E-state index in [-0.39, 0.29) is 10.6 Å². The Morgan fingerprint density at radius 3 is 2.21 bits per heavy atom. The summed E-state index contributed by atoms with van der Waals surface area (Å²) in [5, 5.41) is -1.40. The SMILES string of the molecule is CC(C)OC(=O)c1cc(-n2c(Cl)cc(C(F)(F)C(F)(F)F)nc2=O)c(F)cc1Cl. The minimum absolute atomic E-state index is 0.0661. The summed E-state index contributed by atoms with van der Waals surface area (Å²) in [6.07, 6.45) is -6.62. The number of carbonyl (C=O) groups is 1. The number of hydrogen-bond acceptors (Lipinski definition) is 4. The van der Waals surface area contributed by atoms with Gasteiger partial charge in [-0.3, -0.25) is 0 Å². The maximum Gasteiger partial charge on any atom is 0.459 e. The lowest BCUT2D eigenvalue weighted by Crippen LogP contribution is -2.37. The van der Waals surface area contributed by atoms with Crippen molar-refractivity contribution < 1.29 is 35.9 Å². The molecule has 5 nitrogen and oxygen atoms in total. The highest BCUT2D eigenvalue weighted by atomic mass is 35.5. The van der Waals surface area contributed by atoms with E-state index in [0.717, 1.165) is 6.07 Å². The molecule has 0 aliphatic heterocycles. The number of aromatic nitrogens is 2. The third kappa shape index (κ3) is 4.50. The van der Waals surface area contributed by atoms with Gasteiger partial charge in [-0.1, -0.05) is 23.2 Å². The van der Waals surface area contributed by atoms with Gasteiger partial charge in [-0.2, -0.15) is 26.9 Å². The van der Waals surface area contributed by atoms with Crippen molar-refractivity contribution in [3.05, 3.63) is 55.9 Å². The van der Waals surface area contributed by atoms with Crippen molar-refractivity contribution in [2.24, 2.45) is 0 Å². The first-order chi connectivity index (χ1) is 13.2. The fourth-order valence-corrected chi connectivity index (χ4v) is 2.62. The number of halogens is 8. The van der Waals surface area contributed by atoms with Crippen molar-refractivity contribution >= 4 is 29.2 Å². The van der Waals surface area contributed by atoms with E-state index in [1.807, 2.05) is 0 Å². The Bertz CT molecular complexity index is 1020. The zero-order valence-electron chi connectivity index (χ0n) is 14.5. The Hall–Kier alpha value is -2.27. The van der Waals surface area contributed by atoms with Crippen LogP contribution in [0.5, 0.6) is 0 Å². The summed E-state index contributed by atoms with van der Waals surface area (Å²) in [7, 11) is 0. The van der Waals surface area contributed by atoms with Crippen LogP contribution in [-0.2, 0) is 10.7 Å². The highest BCUT2D eigenvalue weighted by molar-refractivity contribution is 6.33. The van der Waals surface area contributed by atoms with E-state index in [9.17, 15) is 35.9 Å². The van der Waals surface area contributed by atoms with Gasteiger partial charge in [-0.05, 0) is 26.0 Å². The fraction of sp³-hybridized carbons (Fsp3) is 0.312. The third-order valence-electron chi connectivity index (χ3n) is 3.39. The van der Waals surface area contributed by atoms with E-state index in [1.165, 1.54) is 13.8 Å². The lowest BCUT2D eigenvalue weighted by Gasteiger charge is -2.20. The molecule has 0 amide bonds. The largest absolute Gasteiger partial charge is 0.459 e. The van der Waals surface area contributed by atoms with Gasteiger partial charge in [0.1, 0.15) is 16.7 Å². The van der Waals surface area contributed by atoms with Crippen molar-refractivity contribution in [1.29, 1.82) is 0 Å². The molecule has 0 unspecified atom stereocenters. The number of nitrogens with zero attached hydrogens (tertiary/aromatic N) is 2. The molecule has 2 aromatic rings. The maximum atomic E-state index is 14.3. The van der Waals surface area contributed by atoms with Crippen LogP contribution in [0.1, 0.15) is 29.9 Å². The average Bonchev–Trinajstić information content (AvgIpc) is 2.54. The zero-order valence-corrected chi connectivity index (χ0v) is 16.0. The number of rotatable bonds is 4. The molecule has 0 radical (unpaired) electrons. The Morgan fingerprint density at radius 1 is 1.14 bits per heavy atom. The molecule has 0 aliphatic carbocycles. The minimum atomic E-state index is -6.04. The summed E-state index contributed by atoms with van der Waals surface area (Å²) in [5.74, 6) is -7.69. The van der Waals surface area contributed by atoms with Gasteiger partial charge in [0.2, 0.25) is 0 Å². The first kappa shape index (κ1) is 23.0. The molecule has 0 saturated carbocycles. The molecule has 29 heavy (non-hydrogen) atoms. The second-order valence-electron chi connectivity index (χ2n) is 5.89. The first-order valence-electron chi connectivity index (χ1n) is 7.61. The van der Waals surface area contributed by atoms with Gasteiger partial charge in [0.15, 0.2) is 0 Å². The van der Waals surface area contributed by atoms with Crippen molar-refractivity contribution in [3.8, 4) is 5.69 Å². The number of ether oxygens (including phenoxy) is 1. The molecule has 0 atom stereocenters. The molecule has 0 N–H and O–H groups in total. The number of benzene rings is 1. The Balaban J connectivity index is 2.67.